The molecule has 20 atom stereocenters. The van der Waals surface area contributed by atoms with Gasteiger partial charge in [-0.2, -0.15) is 26.3 Å². The zero-order valence-corrected chi connectivity index (χ0v) is 89.3. The Hall–Kier alpha value is -8.36. The van der Waals surface area contributed by atoms with Crippen LogP contribution in [-0.4, -0.2) is 194 Å². The number of hydrogen-bond acceptors (Lipinski definition) is 24. The first kappa shape index (κ1) is 112. The van der Waals surface area contributed by atoms with E-state index in [0.29, 0.717) is 97.0 Å². The summed E-state index contributed by atoms with van der Waals surface area (Å²) in [4.78, 5) is 153. The topological polar surface area (TPSA) is 324 Å². The molecule has 3 aromatic carbocycles. The molecule has 3 aromatic heterocycles. The Morgan fingerprint density at radius 2 is 0.676 bits per heavy atom. The first-order valence-corrected chi connectivity index (χ1v) is 52.2. The summed E-state index contributed by atoms with van der Waals surface area (Å²) in [7, 11) is 4.51. The maximum atomic E-state index is 16.1. The number of ether oxygens (including phenoxy) is 9. The van der Waals surface area contributed by atoms with E-state index in [1.54, 1.807) is 75.4 Å². The normalized spacial score (nSPS) is 32.9. The predicted molar refractivity (Wildman–Crippen MR) is 512 cm³/mol. The molecule has 9 heterocycles. The van der Waals surface area contributed by atoms with Crippen LogP contribution in [0.5, 0.6) is 34.9 Å². The van der Waals surface area contributed by atoms with E-state index in [1.165, 1.54) is 36.0 Å². The molecule has 3 radical (unpaired) electrons. The molecule has 27 nitrogen and oxygen atoms in total. The summed E-state index contributed by atoms with van der Waals surface area (Å²) in [5, 5.41) is 0. The van der Waals surface area contributed by atoms with Crippen molar-refractivity contribution in [3.05, 3.63) is 71.7 Å². The van der Waals surface area contributed by atoms with Gasteiger partial charge >= 0.3 is 17.9 Å². The van der Waals surface area contributed by atoms with Crippen molar-refractivity contribution >= 4 is 87.6 Å². The van der Waals surface area contributed by atoms with Gasteiger partial charge in [0, 0.05) is 99.0 Å². The molecule has 145 heavy (non-hydrogen) atoms. The van der Waals surface area contributed by atoms with Crippen molar-refractivity contribution in [3.8, 4) is 34.9 Å². The Morgan fingerprint density at radius 3 is 1.03 bits per heavy atom. The third-order valence-corrected chi connectivity index (χ3v) is 35.3. The number of hydrogen-bond donors (Lipinski definition) is 0. The van der Waals surface area contributed by atoms with Crippen LogP contribution < -0.4 is 28.4 Å². The predicted octanol–water partition coefficient (Wildman–Crippen LogP) is 19.9. The van der Waals surface area contributed by atoms with Gasteiger partial charge in [-0.05, 0) is 223 Å². The Balaban J connectivity index is 0.000000170. The van der Waals surface area contributed by atoms with Crippen LogP contribution in [0.25, 0.3) is 33.1 Å². The molecule has 0 N–H and O–H groups in total. The van der Waals surface area contributed by atoms with Gasteiger partial charge < -0.3 is 71.7 Å². The van der Waals surface area contributed by atoms with Crippen molar-refractivity contribution in [1.29, 1.82) is 0 Å². The van der Waals surface area contributed by atoms with Crippen molar-refractivity contribution in [2.45, 2.75) is 358 Å². The van der Waals surface area contributed by atoms with Gasteiger partial charge in [0.2, 0.25) is 35.4 Å². The number of carbonyl (C=O) groups excluding carboxylic acids is 9. The van der Waals surface area contributed by atoms with Crippen molar-refractivity contribution in [1.82, 2.24) is 44.6 Å². The van der Waals surface area contributed by atoms with E-state index in [0.717, 1.165) is 122 Å². The van der Waals surface area contributed by atoms with E-state index in [9.17, 15) is 43.2 Å². The molecule has 7 saturated carbocycles. The first-order valence-electron chi connectivity index (χ1n) is 52.2. The van der Waals surface area contributed by atoms with Gasteiger partial charge in [0.05, 0.1) is 111 Å². The van der Waals surface area contributed by atoms with Gasteiger partial charge in [-0.3, -0.25) is 28.8 Å². The number of benzene rings is 3. The van der Waals surface area contributed by atoms with E-state index < -0.39 is 165 Å². The van der Waals surface area contributed by atoms with Crippen molar-refractivity contribution in [3.63, 3.8) is 0 Å². The molecule has 13 aliphatic rings. The second-order valence-corrected chi connectivity index (χ2v) is 44.8. The summed E-state index contributed by atoms with van der Waals surface area (Å²) in [5.41, 5.74) is -2.58. The van der Waals surface area contributed by atoms with Gasteiger partial charge in [0.1, 0.15) is 52.9 Å². The molecule has 787 valence electrons. The van der Waals surface area contributed by atoms with E-state index in [4.69, 9.17) is 42.6 Å². The Bertz CT molecular complexity index is 5570. The van der Waals surface area contributed by atoms with Crippen LogP contribution in [0, 0.1) is 81.3 Å². The number of carbonyl (C=O) groups is 6. The Kier molecular flexibility index (Phi) is 35.5. The molecule has 10 fully saturated rings. The number of fused-ring (bicyclic) bond motifs is 17. The Labute approximate surface area is 881 Å². The monoisotopic (exact) mass is 2130 g/mol. The average molecular weight is 2130 g/mol. The third-order valence-electron chi connectivity index (χ3n) is 35.3. The Morgan fingerprint density at radius 1 is 0.352 bits per heavy atom. The van der Waals surface area contributed by atoms with Crippen LogP contribution in [0.15, 0.2) is 54.6 Å². The molecule has 19 rings (SSSR count). The van der Waals surface area contributed by atoms with Gasteiger partial charge in [0.25, 0.3) is 17.8 Å². The summed E-state index contributed by atoms with van der Waals surface area (Å²) < 4.78 is 150. The minimum absolute atomic E-state index is 0. The van der Waals surface area contributed by atoms with Crippen LogP contribution in [-0.2, 0) is 131 Å². The number of aromatic nitrogens is 6. The van der Waals surface area contributed by atoms with E-state index in [2.05, 4.69) is 50.7 Å². The van der Waals surface area contributed by atoms with Crippen molar-refractivity contribution in [2.24, 2.45) is 81.3 Å². The average Bonchev–Trinajstić information content (AvgIpc) is 1.59. The summed E-state index contributed by atoms with van der Waals surface area (Å²) in [6, 6.07) is 11.6. The summed E-state index contributed by atoms with van der Waals surface area (Å²) in [5.74, 6) is -14.3. The minimum Gasteiger partial charge on any atom is -0.540 e. The van der Waals surface area contributed by atoms with E-state index in [-0.39, 0.29) is 196 Å². The molecule has 7 aliphatic carbocycles. The van der Waals surface area contributed by atoms with Crippen LogP contribution >= 0.6 is 0 Å². The molecule has 6 bridgehead atoms. The maximum Gasteiger partial charge on any atom is 0.307 e. The fourth-order valence-corrected chi connectivity index (χ4v) is 25.9. The van der Waals surface area contributed by atoms with Gasteiger partial charge in [-0.25, -0.2) is 48.8 Å². The quantitative estimate of drug-likeness (QED) is 0.0562. The molecule has 0 spiro atoms. The van der Waals surface area contributed by atoms with Crippen LogP contribution in [0.4, 0.5) is 26.3 Å². The molecule has 2 unspecified atom stereocenters. The molecule has 36 heteroatoms. The minimum atomic E-state index is -3.36. The van der Waals surface area contributed by atoms with Crippen molar-refractivity contribution in [2.75, 3.05) is 41.0 Å². The van der Waals surface area contributed by atoms with Crippen LogP contribution in [0.2, 0.25) is 0 Å². The molecular weight excluding hydrogens is 1990 g/mol. The molecule has 6 aromatic rings. The number of methoxy groups -OCH3 is 3. The van der Waals surface area contributed by atoms with Crippen LogP contribution in [0.3, 0.4) is 0 Å². The summed E-state index contributed by atoms with van der Waals surface area (Å²) in [6.45, 7) is 15.2. The summed E-state index contributed by atoms with van der Waals surface area (Å²) in [6.07, 6.45) is 24.7. The number of halogens is 6. The molecular formula is C109H138F6N9O18V3-3. The van der Waals surface area contributed by atoms with E-state index >= 15 is 26.3 Å². The van der Waals surface area contributed by atoms with Crippen molar-refractivity contribution < 1.29 is 168 Å². The first-order chi connectivity index (χ1) is 67.7. The molecule has 6 aliphatic heterocycles. The maximum absolute atomic E-state index is 16.1. The number of esters is 3. The zero-order valence-electron chi connectivity index (χ0n) is 85.1. The molecule has 3 saturated heterocycles. The van der Waals surface area contributed by atoms with E-state index in [1.807, 2.05) is 32.7 Å². The second kappa shape index (κ2) is 45.8. The SMILES string of the molecule is COc1ccc2nc3c(nc2c1)O[C@H]1CN(C(=O)[C@H](C2(C)CCCCC2)CC(=O)O[C@@H]2CC4CC4[C@H]2CCCCC3(F)F)[C@H]([C-]=O)[C@@H]1C.COc1ccc2nc3c(nc2c1)O[C@H]1CN(C(=O)[C@H](C2(C)CCCCC2)CC(=O)O[C@]2(C)CCC[C@H]2CCCCC3(F)F)[C@H]([C-]=O)[C@@H]1C.COc1ccc2nc3c(nc2c1)O[C@H]1CN(C(=O)[C@H](C2(C)CCCCC2)CC(=O)O[C@]2(C)C[C@H]2CCCCC3(F)F)[C@H]([C-]=O)[C@@H]1C.[V].[V].[V]. The fourth-order valence-electron chi connectivity index (χ4n) is 25.9. The van der Waals surface area contributed by atoms with Crippen LogP contribution in [0.1, 0.15) is 304 Å². The largest absolute Gasteiger partial charge is 0.540 e. The third kappa shape index (κ3) is 23.9. The fraction of sp³-hybridized carbons (Fsp3) is 0.697. The van der Waals surface area contributed by atoms with Gasteiger partial charge in [-0.1, -0.05) is 137 Å². The molecule has 3 amide bonds. The second-order valence-electron chi connectivity index (χ2n) is 44.8. The van der Waals surface area contributed by atoms with Gasteiger partial charge in [0.15, 0.2) is 17.1 Å². The zero-order chi connectivity index (χ0) is 101. The number of rotatable bonds is 9. The number of alkyl halides is 6. The smallest absolute Gasteiger partial charge is 0.307 e. The van der Waals surface area contributed by atoms with Gasteiger partial charge in [-0.15, -0.1) is 0 Å². The summed E-state index contributed by atoms with van der Waals surface area (Å²) >= 11 is 0. The number of nitrogens with zero attached hydrogens (tertiary/aromatic N) is 9. The number of amides is 3. The standard InChI is InChI=1S/C37H46F2N3O6.C37H48F2N3O6.C35H44F2N3O6.3V/c1-21-29(20-43)42-19-31(21)48-34-33(40-27-11-10-23(46-3)17-28(27)41-34)37(38,39)14-8-5-9-24-25-15-22(25)16-30(24)47-32(44)18-26(35(42)45)36(2)12-6-4-7-13-36;1-23-29(22-43)42-21-30(23)47-33-32(40-27-14-13-25(46-4)19-28(27)41-33)37(38,39)18-9-6-11-24-12-10-17-36(24,3)48-31(44)20-26(34(42)45)35(2)15-7-5-8-16-35;1-21-27(20-41)40-19-28(21)45-31-30(38-25-12-11-23(44-4)16-26(25)39-31)35(36,37)15-9-6-10-22-18-34(22,3)46-29(42)17-24(32(40)43)33(2)13-7-5-8-14-33;;;/h10-11,17,21-22,24-26,29-31H,4-9,12-16,18-19H2,1-3H3;13-14,19,23-24,26,29-30H,5-12,15-18,20-21H2,1-4H3;11-12,16,21-22,24,27-28H,5-10,13-15,17-19H2,1-4H3;;;/q3*-1;;;/t21-,22?,24+,25?,26+,29+,30+,31-;23-,24+,26+,29+,30-,36+;21-,22+,24+,27+,28-,34+;;;/m000.../s1.